The first-order valence-corrected chi connectivity index (χ1v) is 14.8. The molecule has 0 saturated heterocycles. The topological polar surface area (TPSA) is 33.7 Å². The second kappa shape index (κ2) is 9.99. The monoisotopic (exact) mass is 558 g/mol. The summed E-state index contributed by atoms with van der Waals surface area (Å²) in [4.78, 5) is 2.38. The van der Waals surface area contributed by atoms with Crippen molar-refractivity contribution in [2.75, 3.05) is 4.90 Å². The lowest BCUT2D eigenvalue weighted by Crippen LogP contribution is -2.55. The number of hydrogen-bond donors (Lipinski definition) is 1. The molecule has 5 heteroatoms. The van der Waals surface area contributed by atoms with Crippen LogP contribution in [0.5, 0.6) is 17.2 Å². The molecule has 0 spiro atoms. The normalized spacial score (nSPS) is 17.1. The fourth-order valence-corrected chi connectivity index (χ4v) is 6.83. The van der Waals surface area contributed by atoms with E-state index in [2.05, 4.69) is 127 Å². The number of rotatable bonds is 4. The Morgan fingerprint density at radius 1 is 0.698 bits per heavy atom. The van der Waals surface area contributed by atoms with Gasteiger partial charge in [-0.3, -0.25) is 0 Å². The molecule has 0 fully saturated rings. The molecule has 0 aromatic heterocycles. The molecule has 3 aliphatic heterocycles. The molecule has 0 bridgehead atoms. The molecule has 1 N–H and O–H groups in total. The number of nitrogens with one attached hydrogen (secondary N) is 1. The van der Waals surface area contributed by atoms with E-state index < -0.39 is 0 Å². The molecule has 3 aliphatic rings. The number of hydrogen-bond acceptors (Lipinski definition) is 4. The summed E-state index contributed by atoms with van der Waals surface area (Å²) in [7, 11) is 0. The molecule has 8 rings (SSSR count). The maximum atomic E-state index is 6.67. The van der Waals surface area contributed by atoms with Gasteiger partial charge in [-0.1, -0.05) is 98.8 Å². The van der Waals surface area contributed by atoms with Crippen LogP contribution >= 0.6 is 0 Å². The lowest BCUT2D eigenvalue weighted by molar-refractivity contribution is 0.229. The van der Waals surface area contributed by atoms with Crippen molar-refractivity contribution in [1.29, 1.82) is 0 Å². The van der Waals surface area contributed by atoms with E-state index in [4.69, 9.17) is 9.47 Å². The van der Waals surface area contributed by atoms with Crippen molar-refractivity contribution in [3.05, 3.63) is 151 Å². The summed E-state index contributed by atoms with van der Waals surface area (Å²) < 4.78 is 13.2. The Morgan fingerprint density at radius 2 is 1.35 bits per heavy atom. The second-order valence-electron chi connectivity index (χ2n) is 11.8. The molecule has 0 aliphatic carbocycles. The summed E-state index contributed by atoms with van der Waals surface area (Å²) in [5.74, 6) is 2.57. The number of nitrogens with zero attached hydrogens (tertiary/aromatic N) is 1. The van der Waals surface area contributed by atoms with E-state index in [0.717, 1.165) is 39.3 Å². The molecule has 1 unspecified atom stereocenters. The zero-order valence-electron chi connectivity index (χ0n) is 24.2. The first-order chi connectivity index (χ1) is 21.1. The third kappa shape index (κ3) is 4.15. The van der Waals surface area contributed by atoms with Crippen LogP contribution in [0.15, 0.2) is 140 Å². The molecule has 0 saturated carbocycles. The van der Waals surface area contributed by atoms with Crippen LogP contribution in [-0.2, 0) is 5.41 Å². The van der Waals surface area contributed by atoms with Crippen molar-refractivity contribution in [3.63, 3.8) is 0 Å². The smallest absolute Gasteiger partial charge is 0.255 e. The zero-order valence-corrected chi connectivity index (χ0v) is 24.2. The molecule has 43 heavy (non-hydrogen) atoms. The number of ether oxygens (including phenoxy) is 2. The quantitative estimate of drug-likeness (QED) is 0.242. The Hall–Kier alpha value is -5.16. The van der Waals surface area contributed by atoms with Crippen molar-refractivity contribution >= 4 is 40.2 Å². The maximum Gasteiger partial charge on any atom is 0.255 e. The Morgan fingerprint density at radius 3 is 2.09 bits per heavy atom. The fraction of sp³-hybridized carbons (Fsp3) is 0.105. The highest BCUT2D eigenvalue weighted by Gasteiger charge is 2.38. The minimum atomic E-state index is -0.230. The van der Waals surface area contributed by atoms with Crippen molar-refractivity contribution in [1.82, 2.24) is 5.32 Å². The number of anilines is 3. The van der Waals surface area contributed by atoms with Gasteiger partial charge >= 0.3 is 0 Å². The van der Waals surface area contributed by atoms with Gasteiger partial charge in [0, 0.05) is 17.2 Å². The van der Waals surface area contributed by atoms with Crippen molar-refractivity contribution in [2.24, 2.45) is 0 Å². The maximum absolute atomic E-state index is 6.67. The number of allylic oxidation sites excluding steroid dienone is 2. The van der Waals surface area contributed by atoms with Gasteiger partial charge in [-0.15, -0.1) is 0 Å². The summed E-state index contributed by atoms with van der Waals surface area (Å²) >= 11 is 0. The van der Waals surface area contributed by atoms with Crippen LogP contribution in [0.3, 0.4) is 0 Å². The SMILES string of the molecule is CC1(C)c2ccccc2N(c2ccc3c(c2)Oc2ccccc2B3c2ccccc2OC2C=CC=CN2)c2ccccc21. The van der Waals surface area contributed by atoms with Gasteiger partial charge in [-0.25, -0.2) is 0 Å². The van der Waals surface area contributed by atoms with Crippen LogP contribution in [0.1, 0.15) is 25.0 Å². The van der Waals surface area contributed by atoms with Gasteiger partial charge < -0.3 is 19.7 Å². The molecule has 5 aromatic rings. The minimum absolute atomic E-state index is 0.0480. The Balaban J connectivity index is 1.27. The summed E-state index contributed by atoms with van der Waals surface area (Å²) in [6, 6.07) is 40.8. The number of para-hydroxylation sites is 4. The average Bonchev–Trinajstić information content (AvgIpc) is 3.05. The van der Waals surface area contributed by atoms with Crippen molar-refractivity contribution < 1.29 is 9.47 Å². The van der Waals surface area contributed by atoms with E-state index in [9.17, 15) is 0 Å². The highest BCUT2D eigenvalue weighted by molar-refractivity contribution is 6.97. The van der Waals surface area contributed by atoms with Crippen LogP contribution in [0.2, 0.25) is 0 Å². The van der Waals surface area contributed by atoms with Gasteiger partial charge in [0.2, 0.25) is 0 Å². The Labute approximate surface area is 253 Å². The van der Waals surface area contributed by atoms with Crippen LogP contribution in [-0.4, -0.2) is 12.9 Å². The van der Waals surface area contributed by atoms with E-state index in [1.54, 1.807) is 0 Å². The first-order valence-electron chi connectivity index (χ1n) is 14.8. The number of fused-ring (bicyclic) bond motifs is 4. The summed E-state index contributed by atoms with van der Waals surface area (Å²) in [6.07, 6.45) is 7.67. The number of benzene rings is 5. The van der Waals surface area contributed by atoms with E-state index in [-0.39, 0.29) is 18.4 Å². The van der Waals surface area contributed by atoms with Crippen LogP contribution in [0.25, 0.3) is 0 Å². The van der Waals surface area contributed by atoms with Gasteiger partial charge in [-0.05, 0) is 76.2 Å². The third-order valence-electron chi connectivity index (χ3n) is 8.89. The van der Waals surface area contributed by atoms with E-state index in [1.807, 2.05) is 36.6 Å². The zero-order chi connectivity index (χ0) is 29.0. The first kappa shape index (κ1) is 25.5. The highest BCUT2D eigenvalue weighted by atomic mass is 16.5. The van der Waals surface area contributed by atoms with Gasteiger partial charge in [0.15, 0.2) is 6.23 Å². The van der Waals surface area contributed by atoms with E-state index in [0.29, 0.717) is 0 Å². The number of dihydropyridines is 1. The lowest BCUT2D eigenvalue weighted by Gasteiger charge is -2.42. The summed E-state index contributed by atoms with van der Waals surface area (Å²) in [6.45, 7) is 4.58. The Bertz CT molecular complexity index is 1880. The third-order valence-corrected chi connectivity index (χ3v) is 8.89. The second-order valence-corrected chi connectivity index (χ2v) is 11.8. The molecule has 0 radical (unpaired) electrons. The highest BCUT2D eigenvalue weighted by Crippen LogP contribution is 2.51. The molecule has 0 amide bonds. The van der Waals surface area contributed by atoms with Gasteiger partial charge in [0.25, 0.3) is 6.71 Å². The summed E-state index contributed by atoms with van der Waals surface area (Å²) in [5, 5.41) is 3.28. The van der Waals surface area contributed by atoms with Crippen molar-refractivity contribution in [2.45, 2.75) is 25.5 Å². The van der Waals surface area contributed by atoms with E-state index >= 15 is 0 Å². The van der Waals surface area contributed by atoms with Crippen LogP contribution in [0, 0.1) is 0 Å². The molecular weight excluding hydrogens is 527 g/mol. The molecular formula is C38H31BN2O2. The molecule has 208 valence electrons. The summed E-state index contributed by atoms with van der Waals surface area (Å²) in [5.41, 5.74) is 9.31. The van der Waals surface area contributed by atoms with E-state index in [1.165, 1.54) is 22.5 Å². The van der Waals surface area contributed by atoms with Gasteiger partial charge in [-0.2, -0.15) is 0 Å². The standard InChI is InChI=1S/C38H31BN2O2/c1-38(2)27-13-3-7-17-32(27)41(33-18-8-4-14-28(33)38)26-22-23-31-36(25-26)42-34-19-9-5-15-29(34)39(31)30-16-6-10-20-35(30)43-37-21-11-12-24-40-37/h3-25,37,40H,1-2H3. The predicted octanol–water partition coefficient (Wildman–Crippen LogP) is 6.80. The average molecular weight is 558 g/mol. The molecule has 1 atom stereocenters. The lowest BCUT2D eigenvalue weighted by atomic mass is 9.35. The largest absolute Gasteiger partial charge is 0.468 e. The fourth-order valence-electron chi connectivity index (χ4n) is 6.83. The molecule has 5 aromatic carbocycles. The van der Waals surface area contributed by atoms with Crippen LogP contribution < -0.4 is 36.1 Å². The van der Waals surface area contributed by atoms with Gasteiger partial charge in [0.05, 0.1) is 11.4 Å². The van der Waals surface area contributed by atoms with Crippen molar-refractivity contribution in [3.8, 4) is 17.2 Å². The molecule has 3 heterocycles. The molecule has 4 nitrogen and oxygen atoms in total. The Kier molecular flexibility index (Phi) is 5.93. The van der Waals surface area contributed by atoms with Crippen LogP contribution in [0.4, 0.5) is 17.1 Å². The van der Waals surface area contributed by atoms with Gasteiger partial charge in [0.1, 0.15) is 17.2 Å². The predicted molar refractivity (Wildman–Crippen MR) is 177 cm³/mol. The minimum Gasteiger partial charge on any atom is -0.468 e.